The number of carbonyl (C=O) groups excluding carboxylic acids is 1. The zero-order valence-electron chi connectivity index (χ0n) is 16.5. The van der Waals surface area contributed by atoms with Crippen LogP contribution >= 0.6 is 0 Å². The van der Waals surface area contributed by atoms with Crippen LogP contribution in [0.3, 0.4) is 0 Å². The highest BCUT2D eigenvalue weighted by molar-refractivity contribution is 7.90. The molecule has 3 aliphatic rings. The van der Waals surface area contributed by atoms with Gasteiger partial charge in [0.05, 0.1) is 11.8 Å². The average molecular weight is 446 g/mol. The van der Waals surface area contributed by atoms with E-state index in [9.17, 15) is 26.4 Å². The van der Waals surface area contributed by atoms with Crippen LogP contribution in [0.25, 0.3) is 0 Å². The number of halogens is 3. The second kappa shape index (κ2) is 8.12. The number of hydrogen-bond acceptors (Lipinski definition) is 4. The van der Waals surface area contributed by atoms with E-state index in [1.807, 2.05) is 0 Å². The molecule has 1 amide bonds. The molecule has 2 saturated heterocycles. The van der Waals surface area contributed by atoms with Gasteiger partial charge in [0.25, 0.3) is 0 Å². The van der Waals surface area contributed by atoms with Gasteiger partial charge in [0.2, 0.25) is 15.9 Å². The van der Waals surface area contributed by atoms with Crippen LogP contribution in [0.4, 0.5) is 13.2 Å². The van der Waals surface area contributed by atoms with Crippen LogP contribution in [0, 0.1) is 23.4 Å². The number of carbonyl (C=O) groups is 1. The molecule has 0 aromatic heterocycles. The molecular weight excluding hydrogens is 419 g/mol. The molecule has 1 saturated carbocycles. The van der Waals surface area contributed by atoms with E-state index in [0.717, 1.165) is 18.9 Å². The van der Waals surface area contributed by atoms with Gasteiger partial charge in [0, 0.05) is 24.2 Å². The number of piperidine rings is 1. The summed E-state index contributed by atoms with van der Waals surface area (Å²) in [4.78, 5) is 14.4. The number of amides is 1. The SMILES string of the molecule is NC(Cc1cc(F)c(F)cc1F)C1CC2CC[C@@H](C1)N2C(=O)CNS(=O)(=O)C1CC1. The van der Waals surface area contributed by atoms with E-state index in [2.05, 4.69) is 4.72 Å². The Morgan fingerprint density at radius 2 is 1.67 bits per heavy atom. The average Bonchev–Trinajstić information content (AvgIpc) is 3.50. The fourth-order valence-electron chi connectivity index (χ4n) is 4.87. The minimum absolute atomic E-state index is 0.0159. The van der Waals surface area contributed by atoms with E-state index in [4.69, 9.17) is 5.73 Å². The third-order valence-electron chi connectivity index (χ3n) is 6.60. The van der Waals surface area contributed by atoms with Gasteiger partial charge in [-0.2, -0.15) is 0 Å². The molecule has 2 aliphatic heterocycles. The molecule has 6 nitrogen and oxygen atoms in total. The third-order valence-corrected chi connectivity index (χ3v) is 8.49. The summed E-state index contributed by atoms with van der Waals surface area (Å²) in [5, 5.41) is -0.373. The van der Waals surface area contributed by atoms with Gasteiger partial charge >= 0.3 is 0 Å². The van der Waals surface area contributed by atoms with Crippen LogP contribution in [0.5, 0.6) is 0 Å². The van der Waals surface area contributed by atoms with Crippen LogP contribution in [0.1, 0.15) is 44.1 Å². The van der Waals surface area contributed by atoms with Gasteiger partial charge in [-0.05, 0) is 62.5 Å². The molecule has 2 bridgehead atoms. The maximum absolute atomic E-state index is 14.0. The molecule has 3 N–H and O–H groups in total. The summed E-state index contributed by atoms with van der Waals surface area (Å²) in [5.41, 5.74) is 6.33. The number of fused-ring (bicyclic) bond motifs is 2. The molecule has 0 radical (unpaired) electrons. The Bertz CT molecular complexity index is 925. The number of nitrogens with one attached hydrogen (secondary N) is 1. The van der Waals surface area contributed by atoms with Gasteiger partial charge in [-0.25, -0.2) is 26.3 Å². The summed E-state index contributed by atoms with van der Waals surface area (Å²) >= 11 is 0. The molecule has 1 aliphatic carbocycles. The van der Waals surface area contributed by atoms with E-state index in [0.29, 0.717) is 31.7 Å². The second-order valence-corrected chi connectivity index (χ2v) is 10.8. The maximum Gasteiger partial charge on any atom is 0.238 e. The smallest absolute Gasteiger partial charge is 0.238 e. The van der Waals surface area contributed by atoms with Crippen LogP contribution in [0.15, 0.2) is 12.1 Å². The van der Waals surface area contributed by atoms with Crippen LogP contribution in [0.2, 0.25) is 0 Å². The van der Waals surface area contributed by atoms with Crippen molar-refractivity contribution in [2.45, 2.75) is 68.3 Å². The van der Waals surface area contributed by atoms with Crippen molar-refractivity contribution in [3.8, 4) is 0 Å². The number of nitrogens with zero attached hydrogens (tertiary/aromatic N) is 1. The molecule has 3 fully saturated rings. The van der Waals surface area contributed by atoms with E-state index < -0.39 is 33.5 Å². The quantitative estimate of drug-likeness (QED) is 0.627. The zero-order chi connectivity index (χ0) is 21.6. The molecule has 3 unspecified atom stereocenters. The monoisotopic (exact) mass is 445 g/mol. The fraction of sp³-hybridized carbons (Fsp3) is 0.650. The summed E-state index contributed by atoms with van der Waals surface area (Å²) in [7, 11) is -3.42. The normalized spacial score (nSPS) is 27.3. The third kappa shape index (κ3) is 4.36. The fourth-order valence-corrected chi connectivity index (χ4v) is 6.18. The lowest BCUT2D eigenvalue weighted by molar-refractivity contribution is -0.135. The topological polar surface area (TPSA) is 92.5 Å². The minimum atomic E-state index is -3.42. The van der Waals surface area contributed by atoms with E-state index >= 15 is 0 Å². The zero-order valence-corrected chi connectivity index (χ0v) is 17.3. The Morgan fingerprint density at radius 3 is 2.27 bits per heavy atom. The van der Waals surface area contributed by atoms with Crippen molar-refractivity contribution >= 4 is 15.9 Å². The Kier molecular flexibility index (Phi) is 5.84. The van der Waals surface area contributed by atoms with Crippen LogP contribution < -0.4 is 10.5 Å². The van der Waals surface area contributed by atoms with Gasteiger partial charge in [0.15, 0.2) is 11.6 Å². The highest BCUT2D eigenvalue weighted by Crippen LogP contribution is 2.40. The second-order valence-electron chi connectivity index (χ2n) is 8.71. The predicted octanol–water partition coefficient (Wildman–Crippen LogP) is 1.83. The first kappa shape index (κ1) is 21.6. The van der Waals surface area contributed by atoms with Gasteiger partial charge < -0.3 is 10.6 Å². The van der Waals surface area contributed by atoms with Gasteiger partial charge in [-0.3, -0.25) is 4.79 Å². The molecular formula is C20H26F3N3O3S. The summed E-state index contributed by atoms with van der Waals surface area (Å²) in [6.45, 7) is -0.234. The first-order valence-corrected chi connectivity index (χ1v) is 11.9. The highest BCUT2D eigenvalue weighted by atomic mass is 32.2. The Hall–Kier alpha value is -1.65. The summed E-state index contributed by atoms with van der Waals surface area (Å²) in [5.74, 6) is -3.37. The lowest BCUT2D eigenvalue weighted by atomic mass is 9.82. The van der Waals surface area contributed by atoms with Crippen molar-refractivity contribution in [2.24, 2.45) is 11.7 Å². The molecule has 0 spiro atoms. The maximum atomic E-state index is 14.0. The summed E-state index contributed by atoms with van der Waals surface area (Å²) in [6, 6.07) is 0.868. The number of rotatable bonds is 7. The minimum Gasteiger partial charge on any atom is -0.336 e. The molecule has 2 heterocycles. The van der Waals surface area contributed by atoms with Crippen molar-refractivity contribution in [2.75, 3.05) is 6.54 Å². The Labute approximate surface area is 174 Å². The lowest BCUT2D eigenvalue weighted by Crippen LogP contribution is -2.52. The molecule has 4 atom stereocenters. The van der Waals surface area contributed by atoms with Crippen molar-refractivity contribution in [1.29, 1.82) is 0 Å². The first-order chi connectivity index (χ1) is 14.2. The number of sulfonamides is 1. The Morgan fingerprint density at radius 1 is 1.07 bits per heavy atom. The molecule has 1 aromatic carbocycles. The van der Waals surface area contributed by atoms with Crippen molar-refractivity contribution < 1.29 is 26.4 Å². The van der Waals surface area contributed by atoms with Gasteiger partial charge in [0.1, 0.15) is 5.82 Å². The molecule has 166 valence electrons. The molecule has 10 heteroatoms. The number of benzene rings is 1. The van der Waals surface area contributed by atoms with Crippen molar-refractivity contribution in [3.05, 3.63) is 35.1 Å². The predicted molar refractivity (Wildman–Crippen MR) is 104 cm³/mol. The van der Waals surface area contributed by atoms with Crippen molar-refractivity contribution in [1.82, 2.24) is 9.62 Å². The van der Waals surface area contributed by atoms with Crippen LogP contribution in [-0.4, -0.2) is 49.1 Å². The lowest BCUT2D eigenvalue weighted by Gasteiger charge is -2.41. The molecule has 4 rings (SSSR count). The van der Waals surface area contributed by atoms with E-state index in [-0.39, 0.29) is 47.7 Å². The standard InChI is InChI=1S/C20H26F3N3O3S/c21-16-9-18(23)17(22)7-11(16)8-19(24)12-5-13-1-2-14(6-12)26(13)20(27)10-25-30(28,29)15-3-4-15/h7,9,12-15,19,25H,1-6,8,10,24H2/t12?,13-,14?,19?/m0/s1. The Balaban J connectivity index is 1.36. The largest absolute Gasteiger partial charge is 0.336 e. The summed E-state index contributed by atoms with van der Waals surface area (Å²) in [6.07, 6.45) is 4.24. The van der Waals surface area contributed by atoms with Gasteiger partial charge in [-0.15, -0.1) is 0 Å². The highest BCUT2D eigenvalue weighted by Gasteiger charge is 2.45. The molecule has 1 aromatic rings. The van der Waals surface area contributed by atoms with Crippen LogP contribution in [-0.2, 0) is 21.2 Å². The first-order valence-electron chi connectivity index (χ1n) is 10.3. The molecule has 30 heavy (non-hydrogen) atoms. The van der Waals surface area contributed by atoms with E-state index in [1.54, 1.807) is 4.90 Å². The van der Waals surface area contributed by atoms with E-state index in [1.165, 1.54) is 0 Å². The summed E-state index contributed by atoms with van der Waals surface area (Å²) < 4.78 is 66.9. The van der Waals surface area contributed by atoms with Gasteiger partial charge in [-0.1, -0.05) is 0 Å². The number of nitrogens with two attached hydrogens (primary N) is 1. The number of hydrogen-bond donors (Lipinski definition) is 2. The van der Waals surface area contributed by atoms with Crippen molar-refractivity contribution in [3.63, 3.8) is 0 Å².